The summed E-state index contributed by atoms with van der Waals surface area (Å²) in [6.45, 7) is 2.31. The first kappa shape index (κ1) is 14.6. The minimum atomic E-state index is -0.123. The fourth-order valence-corrected chi connectivity index (χ4v) is 3.39. The number of carbonyl (C=O) groups is 1. The third-order valence-corrected chi connectivity index (χ3v) is 4.67. The maximum absolute atomic E-state index is 12.4. The standard InChI is InChI=1S/C17H15N5OS/c1-10-20-13-5-4-11(7-14(13)21-10)17(23)18-8-12-9-19-22-16(12)15-3-2-6-24-15/h2-7,9H,8H2,1H3,(H,18,23)(H,19,22)(H,20,21). The zero-order valence-electron chi connectivity index (χ0n) is 13.0. The van der Waals surface area contributed by atoms with Crippen LogP contribution in [0.5, 0.6) is 0 Å². The van der Waals surface area contributed by atoms with Crippen LogP contribution in [0.15, 0.2) is 41.9 Å². The average Bonchev–Trinajstić information content (AvgIpc) is 3.30. The smallest absolute Gasteiger partial charge is 0.251 e. The maximum Gasteiger partial charge on any atom is 0.251 e. The van der Waals surface area contributed by atoms with Crippen LogP contribution in [-0.2, 0) is 6.54 Å². The van der Waals surface area contributed by atoms with Crippen molar-refractivity contribution in [1.29, 1.82) is 0 Å². The highest BCUT2D eigenvalue weighted by molar-refractivity contribution is 7.13. The van der Waals surface area contributed by atoms with Gasteiger partial charge in [0.2, 0.25) is 0 Å². The first-order chi connectivity index (χ1) is 11.7. The zero-order chi connectivity index (χ0) is 16.5. The number of hydrogen-bond donors (Lipinski definition) is 3. The minimum Gasteiger partial charge on any atom is -0.348 e. The van der Waals surface area contributed by atoms with E-state index in [0.717, 1.165) is 33.0 Å². The molecule has 120 valence electrons. The average molecular weight is 337 g/mol. The van der Waals surface area contributed by atoms with Crippen molar-refractivity contribution in [2.75, 3.05) is 0 Å². The zero-order valence-corrected chi connectivity index (χ0v) is 13.8. The molecule has 4 rings (SSSR count). The monoisotopic (exact) mass is 337 g/mol. The Morgan fingerprint density at radius 3 is 3.08 bits per heavy atom. The van der Waals surface area contributed by atoms with Crippen LogP contribution < -0.4 is 5.32 Å². The van der Waals surface area contributed by atoms with Gasteiger partial charge in [0.25, 0.3) is 5.91 Å². The van der Waals surface area contributed by atoms with Gasteiger partial charge in [0.15, 0.2) is 0 Å². The molecule has 0 atom stereocenters. The maximum atomic E-state index is 12.4. The molecule has 6 nitrogen and oxygen atoms in total. The minimum absolute atomic E-state index is 0.123. The molecule has 1 amide bonds. The van der Waals surface area contributed by atoms with Crippen molar-refractivity contribution in [2.45, 2.75) is 13.5 Å². The van der Waals surface area contributed by atoms with E-state index in [9.17, 15) is 4.79 Å². The molecule has 4 aromatic rings. The van der Waals surface area contributed by atoms with Gasteiger partial charge in [-0.3, -0.25) is 9.89 Å². The summed E-state index contributed by atoms with van der Waals surface area (Å²) in [5.41, 5.74) is 4.24. The molecule has 0 bridgehead atoms. The Balaban J connectivity index is 1.51. The highest BCUT2D eigenvalue weighted by atomic mass is 32.1. The molecule has 3 N–H and O–H groups in total. The lowest BCUT2D eigenvalue weighted by molar-refractivity contribution is 0.0951. The van der Waals surface area contributed by atoms with E-state index in [1.54, 1.807) is 23.6 Å². The van der Waals surface area contributed by atoms with E-state index >= 15 is 0 Å². The van der Waals surface area contributed by atoms with Crippen molar-refractivity contribution in [2.24, 2.45) is 0 Å². The molecule has 0 spiro atoms. The topological polar surface area (TPSA) is 86.5 Å². The summed E-state index contributed by atoms with van der Waals surface area (Å²) in [6.07, 6.45) is 1.75. The predicted octanol–water partition coefficient (Wildman–Crippen LogP) is 3.25. The number of thiophene rings is 1. The second-order valence-corrected chi connectivity index (χ2v) is 6.43. The molecule has 7 heteroatoms. The number of aromatic amines is 2. The third kappa shape index (κ3) is 2.69. The number of imidazole rings is 1. The van der Waals surface area contributed by atoms with E-state index < -0.39 is 0 Å². The van der Waals surface area contributed by atoms with Crippen LogP contribution in [0.4, 0.5) is 0 Å². The molecule has 0 aliphatic heterocycles. The largest absolute Gasteiger partial charge is 0.348 e. The second-order valence-electron chi connectivity index (χ2n) is 5.48. The summed E-state index contributed by atoms with van der Waals surface area (Å²) in [5, 5.41) is 12.0. The molecule has 0 aliphatic rings. The third-order valence-electron chi connectivity index (χ3n) is 3.79. The number of benzene rings is 1. The van der Waals surface area contributed by atoms with Gasteiger partial charge < -0.3 is 10.3 Å². The fourth-order valence-electron chi connectivity index (χ4n) is 2.64. The van der Waals surface area contributed by atoms with E-state index in [-0.39, 0.29) is 5.91 Å². The summed E-state index contributed by atoms with van der Waals surface area (Å²) in [6, 6.07) is 9.47. The van der Waals surface area contributed by atoms with Gasteiger partial charge in [-0.15, -0.1) is 11.3 Å². The molecule has 0 aliphatic carbocycles. The van der Waals surface area contributed by atoms with E-state index in [1.165, 1.54) is 0 Å². The van der Waals surface area contributed by atoms with E-state index in [0.29, 0.717) is 12.1 Å². The Morgan fingerprint density at radius 2 is 2.25 bits per heavy atom. The van der Waals surface area contributed by atoms with E-state index in [4.69, 9.17) is 0 Å². The summed E-state index contributed by atoms with van der Waals surface area (Å²) in [7, 11) is 0. The Morgan fingerprint density at radius 1 is 1.33 bits per heavy atom. The molecule has 0 fully saturated rings. The molecule has 0 unspecified atom stereocenters. The summed E-state index contributed by atoms with van der Waals surface area (Å²) in [4.78, 5) is 21.0. The van der Waals surface area contributed by atoms with Crippen molar-refractivity contribution < 1.29 is 4.79 Å². The number of aromatic nitrogens is 4. The fraction of sp³-hybridized carbons (Fsp3) is 0.118. The molecule has 0 saturated carbocycles. The number of fused-ring (bicyclic) bond motifs is 1. The number of H-pyrrole nitrogens is 2. The van der Waals surface area contributed by atoms with Gasteiger partial charge in [-0.2, -0.15) is 5.10 Å². The number of aryl methyl sites for hydroxylation is 1. The van der Waals surface area contributed by atoms with Crippen molar-refractivity contribution in [1.82, 2.24) is 25.5 Å². The van der Waals surface area contributed by atoms with Gasteiger partial charge in [0, 0.05) is 17.7 Å². The Labute approximate surface area is 141 Å². The van der Waals surface area contributed by atoms with Crippen LogP contribution in [0, 0.1) is 6.92 Å². The van der Waals surface area contributed by atoms with Crippen LogP contribution >= 0.6 is 11.3 Å². The number of amides is 1. The van der Waals surface area contributed by atoms with Crippen molar-refractivity contribution in [3.05, 3.63) is 58.9 Å². The lowest BCUT2D eigenvalue weighted by Crippen LogP contribution is -2.22. The summed E-state index contributed by atoms with van der Waals surface area (Å²) >= 11 is 1.63. The Kier molecular flexibility index (Phi) is 3.62. The predicted molar refractivity (Wildman–Crippen MR) is 93.9 cm³/mol. The van der Waals surface area contributed by atoms with Gasteiger partial charge in [0.05, 0.1) is 27.8 Å². The van der Waals surface area contributed by atoms with Gasteiger partial charge in [0.1, 0.15) is 5.82 Å². The van der Waals surface area contributed by atoms with Gasteiger partial charge in [-0.05, 0) is 36.6 Å². The molecule has 3 heterocycles. The number of hydrogen-bond acceptors (Lipinski definition) is 4. The lowest BCUT2D eigenvalue weighted by atomic mass is 10.1. The number of carbonyl (C=O) groups excluding carboxylic acids is 1. The van der Waals surface area contributed by atoms with Crippen LogP contribution in [0.25, 0.3) is 21.6 Å². The van der Waals surface area contributed by atoms with Crippen molar-refractivity contribution in [3.63, 3.8) is 0 Å². The Bertz CT molecular complexity index is 999. The number of nitrogens with zero attached hydrogens (tertiary/aromatic N) is 2. The van der Waals surface area contributed by atoms with Crippen LogP contribution in [0.3, 0.4) is 0 Å². The molecule has 24 heavy (non-hydrogen) atoms. The number of rotatable bonds is 4. The van der Waals surface area contributed by atoms with Crippen LogP contribution in [0.1, 0.15) is 21.7 Å². The molecule has 3 aromatic heterocycles. The van der Waals surface area contributed by atoms with Gasteiger partial charge >= 0.3 is 0 Å². The van der Waals surface area contributed by atoms with E-state index in [2.05, 4.69) is 25.5 Å². The Hall–Kier alpha value is -2.93. The first-order valence-corrected chi connectivity index (χ1v) is 8.39. The van der Waals surface area contributed by atoms with Crippen molar-refractivity contribution >= 4 is 28.3 Å². The lowest BCUT2D eigenvalue weighted by Gasteiger charge is -2.05. The van der Waals surface area contributed by atoms with Gasteiger partial charge in [-0.1, -0.05) is 6.07 Å². The quantitative estimate of drug-likeness (QED) is 0.534. The normalized spacial score (nSPS) is 11.0. The molecular formula is C17H15N5OS. The van der Waals surface area contributed by atoms with Gasteiger partial charge in [-0.25, -0.2) is 4.98 Å². The second kappa shape index (κ2) is 5.93. The molecule has 0 radical (unpaired) electrons. The van der Waals surface area contributed by atoms with E-state index in [1.807, 2.05) is 36.6 Å². The summed E-state index contributed by atoms with van der Waals surface area (Å²) in [5.74, 6) is 0.712. The molecule has 1 aromatic carbocycles. The molecular weight excluding hydrogens is 322 g/mol. The van der Waals surface area contributed by atoms with Crippen LogP contribution in [0.2, 0.25) is 0 Å². The van der Waals surface area contributed by atoms with Crippen LogP contribution in [-0.4, -0.2) is 26.1 Å². The van der Waals surface area contributed by atoms with Crippen molar-refractivity contribution in [3.8, 4) is 10.6 Å². The highest BCUT2D eigenvalue weighted by Crippen LogP contribution is 2.25. The first-order valence-electron chi connectivity index (χ1n) is 7.51. The SMILES string of the molecule is Cc1nc2ccc(C(=O)NCc3cn[nH]c3-c3cccs3)cc2[nH]1. The highest BCUT2D eigenvalue weighted by Gasteiger charge is 2.12. The molecule has 0 saturated heterocycles. The summed E-state index contributed by atoms with van der Waals surface area (Å²) < 4.78 is 0. The number of nitrogens with one attached hydrogen (secondary N) is 3.